The number of fused-ring (bicyclic) bond motifs is 3. The van der Waals surface area contributed by atoms with E-state index >= 15 is 0 Å². The van der Waals surface area contributed by atoms with E-state index in [-0.39, 0.29) is 12.0 Å². The molecule has 5 heteroatoms. The number of rotatable bonds is 7. The van der Waals surface area contributed by atoms with Gasteiger partial charge in [0.1, 0.15) is 0 Å². The van der Waals surface area contributed by atoms with Crippen molar-refractivity contribution in [3.63, 3.8) is 0 Å². The molecule has 29 heavy (non-hydrogen) atoms. The molecule has 3 atom stereocenters. The molecular formula is C24H27NO4. The number of carbonyl (C=O) groups is 1. The minimum Gasteiger partial charge on any atom is -0.490 e. The van der Waals surface area contributed by atoms with Crippen LogP contribution in [0.15, 0.2) is 48.6 Å². The Hall–Kier alpha value is -2.95. The summed E-state index contributed by atoms with van der Waals surface area (Å²) in [5.41, 5.74) is 3.55. The van der Waals surface area contributed by atoms with Crippen molar-refractivity contribution in [3.05, 3.63) is 65.2 Å². The second-order valence-electron chi connectivity index (χ2n) is 7.57. The summed E-state index contributed by atoms with van der Waals surface area (Å²) in [4.78, 5) is 11.4. The lowest BCUT2D eigenvalue weighted by Crippen LogP contribution is -2.29. The average Bonchev–Trinajstić information content (AvgIpc) is 3.22. The van der Waals surface area contributed by atoms with Crippen molar-refractivity contribution in [2.24, 2.45) is 5.92 Å². The number of hydrogen-bond acceptors (Lipinski definition) is 4. The maximum absolute atomic E-state index is 11.4. The fraction of sp³-hybridized carbons (Fsp3) is 0.375. The van der Waals surface area contributed by atoms with Crippen LogP contribution in [0.2, 0.25) is 0 Å². The number of aromatic carboxylic acids is 1. The van der Waals surface area contributed by atoms with Crippen LogP contribution in [-0.2, 0) is 0 Å². The van der Waals surface area contributed by atoms with Crippen molar-refractivity contribution >= 4 is 11.7 Å². The quantitative estimate of drug-likeness (QED) is 0.617. The smallest absolute Gasteiger partial charge is 0.335 e. The second kappa shape index (κ2) is 8.19. The maximum Gasteiger partial charge on any atom is 0.335 e. The first-order valence-corrected chi connectivity index (χ1v) is 10.3. The number of nitrogens with one attached hydrogen (secondary N) is 1. The Bertz CT molecular complexity index is 936. The van der Waals surface area contributed by atoms with Crippen molar-refractivity contribution in [1.82, 2.24) is 0 Å². The molecule has 1 heterocycles. The van der Waals surface area contributed by atoms with Crippen LogP contribution in [0.25, 0.3) is 0 Å². The van der Waals surface area contributed by atoms with E-state index in [1.54, 1.807) is 6.07 Å². The minimum absolute atomic E-state index is 0.123. The molecule has 0 saturated carbocycles. The van der Waals surface area contributed by atoms with Gasteiger partial charge in [-0.2, -0.15) is 0 Å². The Balaban J connectivity index is 1.69. The zero-order valence-electron chi connectivity index (χ0n) is 16.9. The summed E-state index contributed by atoms with van der Waals surface area (Å²) >= 11 is 0. The molecule has 1 aliphatic carbocycles. The number of benzene rings is 2. The summed E-state index contributed by atoms with van der Waals surface area (Å²) in [6, 6.07) is 11.7. The van der Waals surface area contributed by atoms with Gasteiger partial charge < -0.3 is 19.9 Å². The van der Waals surface area contributed by atoms with Crippen molar-refractivity contribution in [1.29, 1.82) is 0 Å². The van der Waals surface area contributed by atoms with Crippen molar-refractivity contribution < 1.29 is 19.4 Å². The topological polar surface area (TPSA) is 67.8 Å². The lowest BCUT2D eigenvalue weighted by Gasteiger charge is -2.37. The first-order valence-electron chi connectivity index (χ1n) is 10.3. The van der Waals surface area contributed by atoms with Gasteiger partial charge in [0.05, 0.1) is 24.8 Å². The monoisotopic (exact) mass is 393 g/mol. The van der Waals surface area contributed by atoms with Gasteiger partial charge in [-0.1, -0.05) is 25.1 Å². The van der Waals surface area contributed by atoms with Crippen molar-refractivity contribution in [2.75, 3.05) is 18.5 Å². The molecule has 0 aromatic heterocycles. The third-order valence-corrected chi connectivity index (χ3v) is 5.70. The first kappa shape index (κ1) is 19.4. The Morgan fingerprint density at radius 1 is 1.14 bits per heavy atom. The first-order chi connectivity index (χ1) is 14.1. The van der Waals surface area contributed by atoms with Gasteiger partial charge in [0.2, 0.25) is 0 Å². The van der Waals surface area contributed by atoms with Gasteiger partial charge in [-0.05, 0) is 67.1 Å². The highest BCUT2D eigenvalue weighted by molar-refractivity contribution is 5.89. The number of anilines is 1. The molecule has 0 radical (unpaired) electrons. The van der Waals surface area contributed by atoms with E-state index in [4.69, 9.17) is 9.47 Å². The minimum atomic E-state index is -0.891. The fourth-order valence-corrected chi connectivity index (χ4v) is 4.38. The molecule has 152 valence electrons. The highest BCUT2D eigenvalue weighted by Gasteiger charge is 2.38. The van der Waals surface area contributed by atoms with E-state index in [0.29, 0.717) is 24.7 Å². The number of carboxylic acid groups (broad SMARTS) is 1. The molecule has 2 aliphatic rings. The number of carboxylic acids is 1. The largest absolute Gasteiger partial charge is 0.490 e. The van der Waals surface area contributed by atoms with E-state index in [0.717, 1.165) is 41.2 Å². The van der Waals surface area contributed by atoms with E-state index in [1.165, 1.54) is 0 Å². The predicted molar refractivity (Wildman–Crippen MR) is 113 cm³/mol. The molecule has 2 N–H and O–H groups in total. The molecule has 1 aliphatic heterocycles. The van der Waals surface area contributed by atoms with Crippen LogP contribution in [0.5, 0.6) is 11.5 Å². The zero-order chi connectivity index (χ0) is 20.4. The van der Waals surface area contributed by atoms with E-state index in [9.17, 15) is 9.90 Å². The second-order valence-corrected chi connectivity index (χ2v) is 7.57. The number of ether oxygens (including phenoxy) is 2. The zero-order valence-corrected chi connectivity index (χ0v) is 16.9. The molecule has 2 aromatic rings. The summed E-state index contributed by atoms with van der Waals surface area (Å²) in [7, 11) is 0. The predicted octanol–water partition coefficient (Wildman–Crippen LogP) is 5.40. The van der Waals surface area contributed by atoms with Gasteiger partial charge >= 0.3 is 5.97 Å². The van der Waals surface area contributed by atoms with Gasteiger partial charge in [-0.25, -0.2) is 4.79 Å². The van der Waals surface area contributed by atoms with E-state index < -0.39 is 5.97 Å². The SMILES string of the molecule is CCCOc1ccc([C@@H]2Nc3ccc(C(=O)O)cc3[C@@H]3C=CC[C@@H]32)cc1OCC. The third kappa shape index (κ3) is 3.69. The summed E-state index contributed by atoms with van der Waals surface area (Å²) in [6.45, 7) is 5.30. The Kier molecular flexibility index (Phi) is 5.47. The van der Waals surface area contributed by atoms with Gasteiger partial charge in [-0.3, -0.25) is 0 Å². The van der Waals surface area contributed by atoms with Crippen molar-refractivity contribution in [3.8, 4) is 11.5 Å². The molecule has 0 fully saturated rings. The highest BCUT2D eigenvalue weighted by Crippen LogP contribution is 2.50. The lowest BCUT2D eigenvalue weighted by molar-refractivity contribution is 0.0696. The van der Waals surface area contributed by atoms with Crippen molar-refractivity contribution in [2.45, 2.75) is 38.6 Å². The van der Waals surface area contributed by atoms with Crippen LogP contribution < -0.4 is 14.8 Å². The molecule has 0 amide bonds. The average molecular weight is 393 g/mol. The molecule has 0 bridgehead atoms. The molecule has 5 nitrogen and oxygen atoms in total. The molecule has 0 saturated heterocycles. The fourth-order valence-electron chi connectivity index (χ4n) is 4.38. The molecule has 0 spiro atoms. The summed E-state index contributed by atoms with van der Waals surface area (Å²) < 4.78 is 11.7. The van der Waals surface area contributed by atoms with Crippen LogP contribution in [-0.4, -0.2) is 24.3 Å². The lowest BCUT2D eigenvalue weighted by atomic mass is 9.76. The van der Waals surface area contributed by atoms with E-state index in [1.807, 2.05) is 25.1 Å². The van der Waals surface area contributed by atoms with Gasteiger partial charge in [0, 0.05) is 11.6 Å². The normalized spacial score (nSPS) is 21.8. The molecular weight excluding hydrogens is 366 g/mol. The Morgan fingerprint density at radius 3 is 2.76 bits per heavy atom. The number of hydrogen-bond donors (Lipinski definition) is 2. The van der Waals surface area contributed by atoms with Gasteiger partial charge in [0.25, 0.3) is 0 Å². The van der Waals surface area contributed by atoms with Crippen LogP contribution in [0.4, 0.5) is 5.69 Å². The van der Waals surface area contributed by atoms with Crippen LogP contribution >= 0.6 is 0 Å². The Labute approximate surface area is 171 Å². The molecule has 4 rings (SSSR count). The number of allylic oxidation sites excluding steroid dienone is 2. The Morgan fingerprint density at radius 2 is 2.00 bits per heavy atom. The molecule has 0 unspecified atom stereocenters. The standard InChI is InChI=1S/C24H27NO4/c1-3-12-29-21-11-9-15(14-22(21)28-4-2)23-18-7-5-6-17(18)19-13-16(24(26)27)8-10-20(19)25-23/h5-6,8-11,13-14,17-18,23,25H,3-4,7,12H2,1-2H3,(H,26,27)/t17-,18+,23+/m1/s1. The summed E-state index contributed by atoms with van der Waals surface area (Å²) in [5.74, 6) is 1.21. The van der Waals surface area contributed by atoms with Crippen LogP contribution in [0.3, 0.4) is 0 Å². The molecule has 2 aromatic carbocycles. The third-order valence-electron chi connectivity index (χ3n) is 5.70. The highest BCUT2D eigenvalue weighted by atomic mass is 16.5. The van der Waals surface area contributed by atoms with Gasteiger partial charge in [0.15, 0.2) is 11.5 Å². The summed E-state index contributed by atoms with van der Waals surface area (Å²) in [5, 5.41) is 13.0. The summed E-state index contributed by atoms with van der Waals surface area (Å²) in [6.07, 6.45) is 6.32. The van der Waals surface area contributed by atoms with E-state index in [2.05, 4.69) is 36.5 Å². The van der Waals surface area contributed by atoms with Gasteiger partial charge in [-0.15, -0.1) is 0 Å². The van der Waals surface area contributed by atoms with Crippen LogP contribution in [0, 0.1) is 5.92 Å². The van der Waals surface area contributed by atoms with Crippen LogP contribution in [0.1, 0.15) is 60.1 Å². The maximum atomic E-state index is 11.4.